The number of nitrogens with one attached hydrogen (secondary N) is 1. The molecule has 0 saturated heterocycles. The van der Waals surface area contributed by atoms with Crippen molar-refractivity contribution in [1.29, 1.82) is 0 Å². The number of hydrogen-bond donors (Lipinski definition) is 1. The molecule has 0 aliphatic carbocycles. The molecule has 7 nitrogen and oxygen atoms in total. The van der Waals surface area contributed by atoms with Gasteiger partial charge in [0.05, 0.1) is 7.11 Å². The summed E-state index contributed by atoms with van der Waals surface area (Å²) in [7, 11) is 1.31. The molecule has 0 saturated carbocycles. The Morgan fingerprint density at radius 1 is 1.42 bits per heavy atom. The van der Waals surface area contributed by atoms with Crippen molar-refractivity contribution in [3.05, 3.63) is 41.6 Å². The summed E-state index contributed by atoms with van der Waals surface area (Å²) in [6.07, 6.45) is 4.65. The number of hydrogen-bond acceptors (Lipinski definition) is 7. The first-order chi connectivity index (χ1) is 11.7. The van der Waals surface area contributed by atoms with Crippen molar-refractivity contribution in [1.82, 2.24) is 5.32 Å². The van der Waals surface area contributed by atoms with Gasteiger partial charge >= 0.3 is 5.97 Å². The van der Waals surface area contributed by atoms with Crippen LogP contribution in [0.25, 0.3) is 6.08 Å². The van der Waals surface area contributed by atoms with E-state index in [-0.39, 0.29) is 12.7 Å². The van der Waals surface area contributed by atoms with Crippen LogP contribution in [-0.4, -0.2) is 36.7 Å². The monoisotopic (exact) mass is 346 g/mol. The number of amides is 1. The Morgan fingerprint density at radius 2 is 2.25 bits per heavy atom. The molecule has 1 aromatic carbocycles. The second kappa shape index (κ2) is 7.22. The van der Waals surface area contributed by atoms with E-state index in [1.807, 2.05) is 6.07 Å². The van der Waals surface area contributed by atoms with Crippen molar-refractivity contribution >= 4 is 34.9 Å². The number of rotatable bonds is 4. The van der Waals surface area contributed by atoms with Gasteiger partial charge in [0, 0.05) is 11.8 Å². The molecule has 0 unspecified atom stereocenters. The SMILES string of the molecule is COC(=O)/C=C/CSC1=N/C(=C\c2ccc3c(c2)OCO3)C(=O)N1. The largest absolute Gasteiger partial charge is 0.466 e. The molecule has 0 bridgehead atoms. The molecular formula is C16H14N2O5S. The molecule has 0 atom stereocenters. The quantitative estimate of drug-likeness (QED) is 0.660. The summed E-state index contributed by atoms with van der Waals surface area (Å²) in [5.41, 5.74) is 1.11. The maximum absolute atomic E-state index is 12.0. The fourth-order valence-corrected chi connectivity index (χ4v) is 2.69. The molecule has 1 amide bonds. The number of carbonyl (C=O) groups excluding carboxylic acids is 2. The number of benzene rings is 1. The number of esters is 1. The van der Waals surface area contributed by atoms with Gasteiger partial charge in [0.25, 0.3) is 5.91 Å². The molecule has 0 aromatic heterocycles. The fourth-order valence-electron chi connectivity index (χ4n) is 2.02. The molecule has 2 heterocycles. The van der Waals surface area contributed by atoms with Gasteiger partial charge in [-0.15, -0.1) is 0 Å². The van der Waals surface area contributed by atoms with Gasteiger partial charge in [-0.05, 0) is 23.8 Å². The average molecular weight is 346 g/mol. The first-order valence-corrected chi connectivity index (χ1v) is 8.03. The van der Waals surface area contributed by atoms with E-state index in [0.717, 1.165) is 5.56 Å². The Balaban J connectivity index is 1.65. The van der Waals surface area contributed by atoms with Gasteiger partial charge in [-0.3, -0.25) is 10.1 Å². The minimum Gasteiger partial charge on any atom is -0.466 e. The number of aliphatic imine (C=N–C) groups is 1. The highest BCUT2D eigenvalue weighted by atomic mass is 32.2. The number of carbonyl (C=O) groups is 2. The van der Waals surface area contributed by atoms with Gasteiger partial charge in [0.1, 0.15) is 5.70 Å². The van der Waals surface area contributed by atoms with Crippen LogP contribution in [0.1, 0.15) is 5.56 Å². The number of ether oxygens (including phenoxy) is 3. The van der Waals surface area contributed by atoms with Crippen LogP contribution in [0, 0.1) is 0 Å². The van der Waals surface area contributed by atoms with E-state index < -0.39 is 5.97 Å². The smallest absolute Gasteiger partial charge is 0.330 e. The third-order valence-corrected chi connectivity index (χ3v) is 3.97. The molecule has 8 heteroatoms. The topological polar surface area (TPSA) is 86.2 Å². The Kier molecular flexibility index (Phi) is 4.85. The van der Waals surface area contributed by atoms with E-state index in [4.69, 9.17) is 9.47 Å². The van der Waals surface area contributed by atoms with E-state index in [9.17, 15) is 9.59 Å². The second-order valence-corrected chi connectivity index (χ2v) is 5.76. The van der Waals surface area contributed by atoms with E-state index in [2.05, 4.69) is 15.0 Å². The zero-order valence-electron chi connectivity index (χ0n) is 12.8. The van der Waals surface area contributed by atoms with Crippen LogP contribution in [0.5, 0.6) is 11.5 Å². The van der Waals surface area contributed by atoms with Crippen LogP contribution in [0.3, 0.4) is 0 Å². The number of methoxy groups -OCH3 is 1. The molecule has 1 N–H and O–H groups in total. The third kappa shape index (κ3) is 3.77. The first-order valence-electron chi connectivity index (χ1n) is 7.04. The van der Waals surface area contributed by atoms with Crippen LogP contribution < -0.4 is 14.8 Å². The zero-order chi connectivity index (χ0) is 16.9. The molecule has 0 spiro atoms. The van der Waals surface area contributed by atoms with E-state index in [1.165, 1.54) is 24.9 Å². The van der Waals surface area contributed by atoms with Gasteiger partial charge in [-0.2, -0.15) is 0 Å². The summed E-state index contributed by atoms with van der Waals surface area (Å²) in [6, 6.07) is 5.41. The lowest BCUT2D eigenvalue weighted by Crippen LogP contribution is -2.21. The van der Waals surface area contributed by atoms with Crippen molar-refractivity contribution in [3.8, 4) is 11.5 Å². The molecule has 2 aliphatic heterocycles. The average Bonchev–Trinajstić information content (AvgIpc) is 3.18. The molecule has 1 aromatic rings. The second-order valence-electron chi connectivity index (χ2n) is 4.75. The molecular weight excluding hydrogens is 332 g/mol. The van der Waals surface area contributed by atoms with Crippen molar-refractivity contribution in [3.63, 3.8) is 0 Å². The van der Waals surface area contributed by atoms with Crippen molar-refractivity contribution in [2.24, 2.45) is 4.99 Å². The van der Waals surface area contributed by atoms with Gasteiger partial charge in [0.15, 0.2) is 16.7 Å². The highest BCUT2D eigenvalue weighted by Gasteiger charge is 2.20. The number of thioether (sulfide) groups is 1. The predicted molar refractivity (Wildman–Crippen MR) is 89.7 cm³/mol. The normalized spacial score (nSPS) is 17.3. The first kappa shape index (κ1) is 16.1. The molecule has 24 heavy (non-hydrogen) atoms. The van der Waals surface area contributed by atoms with E-state index >= 15 is 0 Å². The molecule has 0 radical (unpaired) electrons. The number of amidine groups is 1. The van der Waals surface area contributed by atoms with Gasteiger partial charge < -0.3 is 14.2 Å². The third-order valence-electron chi connectivity index (χ3n) is 3.15. The highest BCUT2D eigenvalue weighted by molar-refractivity contribution is 8.14. The Bertz CT molecular complexity index is 770. The van der Waals surface area contributed by atoms with Gasteiger partial charge in [0.2, 0.25) is 6.79 Å². The molecule has 0 fully saturated rings. The predicted octanol–water partition coefficient (Wildman–Crippen LogP) is 1.70. The fraction of sp³-hybridized carbons (Fsp3) is 0.188. The molecule has 3 rings (SSSR count). The number of nitrogens with zero attached hydrogens (tertiary/aromatic N) is 1. The summed E-state index contributed by atoms with van der Waals surface area (Å²) >= 11 is 1.31. The Labute approximate surface area is 142 Å². The highest BCUT2D eigenvalue weighted by Crippen LogP contribution is 2.33. The van der Waals surface area contributed by atoms with Crippen molar-refractivity contribution in [2.75, 3.05) is 19.7 Å². The van der Waals surface area contributed by atoms with E-state index in [0.29, 0.717) is 28.1 Å². The summed E-state index contributed by atoms with van der Waals surface area (Å²) in [4.78, 5) is 27.2. The van der Waals surface area contributed by atoms with Crippen LogP contribution in [0.4, 0.5) is 0 Å². The van der Waals surface area contributed by atoms with Gasteiger partial charge in [-0.25, -0.2) is 9.79 Å². The van der Waals surface area contributed by atoms with Gasteiger partial charge in [-0.1, -0.05) is 23.9 Å². The lowest BCUT2D eigenvalue weighted by atomic mass is 10.1. The minimum atomic E-state index is -0.420. The minimum absolute atomic E-state index is 0.202. The zero-order valence-corrected chi connectivity index (χ0v) is 13.6. The summed E-state index contributed by atoms with van der Waals surface area (Å²) < 4.78 is 15.0. The lowest BCUT2D eigenvalue weighted by molar-refractivity contribution is -0.134. The van der Waals surface area contributed by atoms with Crippen LogP contribution in [-0.2, 0) is 14.3 Å². The Morgan fingerprint density at radius 3 is 3.08 bits per heavy atom. The molecule has 2 aliphatic rings. The summed E-state index contributed by atoms with van der Waals surface area (Å²) in [6.45, 7) is 0.202. The van der Waals surface area contributed by atoms with Crippen molar-refractivity contribution < 1.29 is 23.8 Å². The summed E-state index contributed by atoms with van der Waals surface area (Å²) in [5, 5.41) is 3.17. The Hall–Kier alpha value is -2.74. The van der Waals surface area contributed by atoms with E-state index in [1.54, 1.807) is 24.3 Å². The van der Waals surface area contributed by atoms with Crippen LogP contribution >= 0.6 is 11.8 Å². The standard InChI is InChI=1S/C16H14N2O5S/c1-21-14(19)3-2-6-24-16-17-11(15(20)18-16)7-10-4-5-12-13(8-10)23-9-22-12/h2-5,7-8H,6,9H2,1H3,(H,17,18,20)/b3-2+,11-7-. The van der Waals surface area contributed by atoms with Crippen molar-refractivity contribution in [2.45, 2.75) is 0 Å². The van der Waals surface area contributed by atoms with Crippen LogP contribution in [0.2, 0.25) is 0 Å². The molecule has 124 valence electrons. The lowest BCUT2D eigenvalue weighted by Gasteiger charge is -1.98. The maximum Gasteiger partial charge on any atom is 0.330 e. The maximum atomic E-state index is 12.0. The number of fused-ring (bicyclic) bond motifs is 1. The summed E-state index contributed by atoms with van der Waals surface area (Å²) in [5.74, 6) is 1.13. The van der Waals surface area contributed by atoms with Crippen LogP contribution in [0.15, 0.2) is 41.0 Å².